The van der Waals surface area contributed by atoms with Crippen molar-refractivity contribution >= 4 is 17.5 Å². The monoisotopic (exact) mass is 471 g/mol. The summed E-state index contributed by atoms with van der Waals surface area (Å²) in [5.41, 5.74) is 1.52. The quantitative estimate of drug-likeness (QED) is 0.519. The average Bonchev–Trinajstić information content (AvgIpc) is 3.05. The normalized spacial score (nSPS) is 40.9. The van der Waals surface area contributed by atoms with Crippen molar-refractivity contribution in [2.24, 2.45) is 46.3 Å². The minimum absolute atomic E-state index is 0.0411. The van der Waals surface area contributed by atoms with Gasteiger partial charge < -0.3 is 10.4 Å². The number of carbonyl (C=O) groups excluding carboxylic acids is 3. The lowest BCUT2D eigenvalue weighted by atomic mass is 9.47. The maximum atomic E-state index is 13.4. The van der Waals surface area contributed by atoms with Crippen LogP contribution in [-0.2, 0) is 14.4 Å². The average molecular weight is 472 g/mol. The largest absolute Gasteiger partial charge is 0.393 e. The molecule has 0 bridgehead atoms. The second-order valence-corrected chi connectivity index (χ2v) is 12.7. The van der Waals surface area contributed by atoms with Crippen LogP contribution in [0.15, 0.2) is 11.6 Å². The highest BCUT2D eigenvalue weighted by Gasteiger charge is 2.62. The first-order valence-electron chi connectivity index (χ1n) is 13.6. The third-order valence-electron chi connectivity index (χ3n) is 10.6. The van der Waals surface area contributed by atoms with Crippen molar-refractivity contribution in [2.75, 3.05) is 6.54 Å². The highest BCUT2D eigenvalue weighted by molar-refractivity contribution is 5.92. The Balaban J connectivity index is 1.46. The Morgan fingerprint density at radius 1 is 1.15 bits per heavy atom. The summed E-state index contributed by atoms with van der Waals surface area (Å²) < 4.78 is 0. The van der Waals surface area contributed by atoms with E-state index in [1.165, 1.54) is 12.5 Å². The molecule has 0 heterocycles. The summed E-state index contributed by atoms with van der Waals surface area (Å²) >= 11 is 0. The summed E-state index contributed by atoms with van der Waals surface area (Å²) in [5, 5.41) is 13.1. The molecule has 9 atom stereocenters. The molecule has 0 spiro atoms. The molecule has 2 N–H and O–H groups in total. The van der Waals surface area contributed by atoms with E-state index in [-0.39, 0.29) is 46.4 Å². The molecular formula is C29H45NO4. The van der Waals surface area contributed by atoms with Gasteiger partial charge in [0, 0.05) is 38.1 Å². The minimum atomic E-state index is -0.234. The Hall–Kier alpha value is -1.49. The van der Waals surface area contributed by atoms with Crippen molar-refractivity contribution in [3.05, 3.63) is 11.6 Å². The van der Waals surface area contributed by atoms with E-state index in [0.29, 0.717) is 42.9 Å². The third-order valence-corrected chi connectivity index (χ3v) is 10.6. The number of amides is 1. The first kappa shape index (κ1) is 25.6. The van der Waals surface area contributed by atoms with E-state index in [9.17, 15) is 19.5 Å². The van der Waals surface area contributed by atoms with Gasteiger partial charge in [0.1, 0.15) is 11.6 Å². The van der Waals surface area contributed by atoms with E-state index in [0.717, 1.165) is 44.9 Å². The number of hydrogen-bond acceptors (Lipinski definition) is 4. The molecule has 4 rings (SSSR count). The number of ketones is 2. The smallest absolute Gasteiger partial charge is 0.216 e. The molecule has 5 heteroatoms. The van der Waals surface area contributed by atoms with Crippen LogP contribution in [0.1, 0.15) is 92.4 Å². The maximum Gasteiger partial charge on any atom is 0.216 e. The number of aliphatic hydroxyl groups is 1. The van der Waals surface area contributed by atoms with Gasteiger partial charge in [-0.1, -0.05) is 39.3 Å². The first-order valence-corrected chi connectivity index (χ1v) is 13.6. The molecule has 3 saturated carbocycles. The predicted octanol–water partition coefficient (Wildman–Crippen LogP) is 4.86. The zero-order valence-corrected chi connectivity index (χ0v) is 21.9. The summed E-state index contributed by atoms with van der Waals surface area (Å²) in [5.74, 6) is 1.78. The van der Waals surface area contributed by atoms with Crippen LogP contribution in [0.2, 0.25) is 0 Å². The zero-order chi connectivity index (χ0) is 24.8. The number of rotatable bonds is 7. The fourth-order valence-corrected chi connectivity index (χ4v) is 8.54. The molecule has 3 fully saturated rings. The second kappa shape index (κ2) is 9.52. The highest BCUT2D eigenvalue weighted by atomic mass is 16.3. The van der Waals surface area contributed by atoms with Crippen molar-refractivity contribution in [1.29, 1.82) is 0 Å². The van der Waals surface area contributed by atoms with Crippen LogP contribution in [0.5, 0.6) is 0 Å². The summed E-state index contributed by atoms with van der Waals surface area (Å²) in [4.78, 5) is 37.8. The number of hydrogen-bond donors (Lipinski definition) is 2. The van der Waals surface area contributed by atoms with E-state index in [1.807, 2.05) is 6.92 Å². The van der Waals surface area contributed by atoms with Crippen molar-refractivity contribution < 1.29 is 19.5 Å². The van der Waals surface area contributed by atoms with Gasteiger partial charge in [-0.2, -0.15) is 0 Å². The van der Waals surface area contributed by atoms with Crippen molar-refractivity contribution in [3.8, 4) is 0 Å². The lowest BCUT2D eigenvalue weighted by molar-refractivity contribution is -0.134. The van der Waals surface area contributed by atoms with Crippen LogP contribution in [0.25, 0.3) is 0 Å². The van der Waals surface area contributed by atoms with Gasteiger partial charge in [-0.25, -0.2) is 0 Å². The van der Waals surface area contributed by atoms with E-state index >= 15 is 0 Å². The van der Waals surface area contributed by atoms with Crippen LogP contribution >= 0.6 is 0 Å². The Kier molecular flexibility index (Phi) is 7.17. The molecule has 4 aliphatic carbocycles. The standard InChI is InChI=1S/C29H45NO4/c1-17(16-30-19(3)31)6-9-25(33)18(2)27-26(34)15-24-22-8-7-20-14-21(32)10-12-28(20,4)23(22)11-13-29(24,27)5/h7,17-18,21-24,27,32H,6,8-16H2,1-5H3,(H,30,31)/t17-,18-,21+,22+,23-,24+,27-,28+,29+/m1/s1. The number of Topliss-reactive ketones (excluding diaryl/α,β-unsaturated/α-hetero) is 2. The van der Waals surface area contributed by atoms with Crippen molar-refractivity contribution in [1.82, 2.24) is 5.32 Å². The molecule has 0 aromatic carbocycles. The Bertz CT molecular complexity index is 864. The van der Waals surface area contributed by atoms with E-state index < -0.39 is 0 Å². The van der Waals surface area contributed by atoms with Gasteiger partial charge in [-0.3, -0.25) is 14.4 Å². The van der Waals surface area contributed by atoms with E-state index in [4.69, 9.17) is 0 Å². The van der Waals surface area contributed by atoms with Crippen LogP contribution in [0, 0.1) is 46.3 Å². The van der Waals surface area contributed by atoms with Crippen LogP contribution < -0.4 is 5.32 Å². The van der Waals surface area contributed by atoms with Crippen molar-refractivity contribution in [2.45, 2.75) is 98.5 Å². The van der Waals surface area contributed by atoms with Crippen molar-refractivity contribution in [3.63, 3.8) is 0 Å². The van der Waals surface area contributed by atoms with E-state index in [1.54, 1.807) is 0 Å². The molecule has 34 heavy (non-hydrogen) atoms. The maximum absolute atomic E-state index is 13.4. The summed E-state index contributed by atoms with van der Waals surface area (Å²) in [6, 6.07) is 0. The van der Waals surface area contributed by atoms with Gasteiger partial charge in [-0.05, 0) is 79.4 Å². The van der Waals surface area contributed by atoms with Gasteiger partial charge in [0.2, 0.25) is 5.91 Å². The topological polar surface area (TPSA) is 83.5 Å². The van der Waals surface area contributed by atoms with Gasteiger partial charge in [0.05, 0.1) is 6.10 Å². The molecule has 0 radical (unpaired) electrons. The zero-order valence-electron chi connectivity index (χ0n) is 21.9. The van der Waals surface area contributed by atoms with Crippen LogP contribution in [-0.4, -0.2) is 35.2 Å². The SMILES string of the molecule is CC(=O)NC[C@H](C)CCC(=O)[C@@H](C)[C@@H]1C(=O)C[C@H]2[C@H]3CC=C4C[C@@H](O)CC[C@]4(C)[C@@H]3CC[C@@]21C. The second-order valence-electron chi connectivity index (χ2n) is 12.7. The predicted molar refractivity (Wildman–Crippen MR) is 133 cm³/mol. The lowest BCUT2D eigenvalue weighted by Crippen LogP contribution is -2.51. The molecule has 0 aromatic rings. The molecule has 0 saturated heterocycles. The first-order chi connectivity index (χ1) is 16.0. The third kappa shape index (κ3) is 4.42. The summed E-state index contributed by atoms with van der Waals surface area (Å²) in [6.07, 6.45) is 9.96. The van der Waals surface area contributed by atoms with Gasteiger partial charge in [0.15, 0.2) is 0 Å². The lowest BCUT2D eigenvalue weighted by Gasteiger charge is -2.58. The molecule has 0 unspecified atom stereocenters. The Labute approximate surface area is 205 Å². The number of carbonyl (C=O) groups is 3. The number of allylic oxidation sites excluding steroid dienone is 1. The number of nitrogens with one attached hydrogen (secondary N) is 1. The van der Waals surface area contributed by atoms with Crippen LogP contribution in [0.4, 0.5) is 0 Å². The fourth-order valence-electron chi connectivity index (χ4n) is 8.54. The Morgan fingerprint density at radius 3 is 2.59 bits per heavy atom. The highest BCUT2D eigenvalue weighted by Crippen LogP contribution is 2.66. The molecule has 4 aliphatic rings. The molecule has 190 valence electrons. The Morgan fingerprint density at radius 2 is 1.88 bits per heavy atom. The summed E-state index contributed by atoms with van der Waals surface area (Å²) in [6.45, 7) is 10.9. The van der Waals surface area contributed by atoms with Crippen LogP contribution in [0.3, 0.4) is 0 Å². The summed E-state index contributed by atoms with van der Waals surface area (Å²) in [7, 11) is 0. The van der Waals surface area contributed by atoms with Gasteiger partial charge in [0.25, 0.3) is 0 Å². The molecule has 0 aliphatic heterocycles. The molecule has 0 aromatic heterocycles. The van der Waals surface area contributed by atoms with E-state index in [2.05, 4.69) is 32.2 Å². The molecular weight excluding hydrogens is 426 g/mol. The molecule has 1 amide bonds. The van der Waals surface area contributed by atoms with Gasteiger partial charge >= 0.3 is 0 Å². The molecule has 5 nitrogen and oxygen atoms in total. The fraction of sp³-hybridized carbons (Fsp3) is 0.828. The minimum Gasteiger partial charge on any atom is -0.393 e. The number of aliphatic hydroxyl groups excluding tert-OH is 1. The number of fused-ring (bicyclic) bond motifs is 5. The van der Waals surface area contributed by atoms with Gasteiger partial charge in [-0.15, -0.1) is 0 Å².